The summed E-state index contributed by atoms with van der Waals surface area (Å²) in [5.41, 5.74) is 1.38. The van der Waals surface area contributed by atoms with E-state index in [0.29, 0.717) is 11.5 Å². The van der Waals surface area contributed by atoms with Crippen molar-refractivity contribution in [2.24, 2.45) is 0 Å². The SMILES string of the molecule is COc1n[nH]c(NC(=O)c2cc(Br)cnc2C2CC2)n1. The smallest absolute Gasteiger partial charge is 0.336 e. The number of carbonyl (C=O) groups excluding carboxylic acids is 1. The Bertz CT molecular complexity index is 653. The van der Waals surface area contributed by atoms with Crippen molar-refractivity contribution in [1.29, 1.82) is 0 Å². The molecule has 2 N–H and O–H groups in total. The number of rotatable bonds is 4. The second-order valence-corrected chi connectivity index (χ2v) is 5.40. The highest BCUT2D eigenvalue weighted by atomic mass is 79.9. The van der Waals surface area contributed by atoms with Crippen molar-refractivity contribution in [3.05, 3.63) is 28.0 Å². The molecule has 0 spiro atoms. The van der Waals surface area contributed by atoms with Crippen molar-refractivity contribution in [3.8, 4) is 6.01 Å². The van der Waals surface area contributed by atoms with Gasteiger partial charge in [0.25, 0.3) is 5.91 Å². The van der Waals surface area contributed by atoms with Gasteiger partial charge in [0, 0.05) is 16.6 Å². The molecule has 2 aromatic rings. The number of halogens is 1. The second-order valence-electron chi connectivity index (χ2n) is 4.49. The quantitative estimate of drug-likeness (QED) is 0.891. The Hall–Kier alpha value is -1.96. The average molecular weight is 338 g/mol. The van der Waals surface area contributed by atoms with Crippen molar-refractivity contribution < 1.29 is 9.53 Å². The van der Waals surface area contributed by atoms with Gasteiger partial charge in [-0.15, -0.1) is 5.10 Å². The Kier molecular flexibility index (Phi) is 3.39. The predicted octanol–water partition coefficient (Wildman–Crippen LogP) is 2.10. The number of anilines is 1. The summed E-state index contributed by atoms with van der Waals surface area (Å²) in [6, 6.07) is 1.94. The molecule has 1 saturated carbocycles. The molecule has 1 amide bonds. The van der Waals surface area contributed by atoms with Crippen molar-refractivity contribution in [3.63, 3.8) is 0 Å². The minimum absolute atomic E-state index is 0.176. The first-order valence-electron chi connectivity index (χ1n) is 6.10. The number of aromatic nitrogens is 4. The lowest BCUT2D eigenvalue weighted by Gasteiger charge is -2.07. The van der Waals surface area contributed by atoms with E-state index < -0.39 is 0 Å². The standard InChI is InChI=1S/C12H12BrN5O2/c1-20-12-16-11(17-18-12)15-10(19)8-4-7(13)5-14-9(8)6-2-3-6/h4-6H,2-3H2,1H3,(H2,15,16,17,18,19). The molecule has 3 rings (SSSR count). The Labute approximate surface area is 123 Å². The van der Waals surface area contributed by atoms with Crippen molar-refractivity contribution in [2.75, 3.05) is 12.4 Å². The van der Waals surface area contributed by atoms with Crippen LogP contribution in [0.3, 0.4) is 0 Å². The number of nitrogens with zero attached hydrogens (tertiary/aromatic N) is 3. The topological polar surface area (TPSA) is 92.8 Å². The number of hydrogen-bond donors (Lipinski definition) is 2. The van der Waals surface area contributed by atoms with E-state index in [-0.39, 0.29) is 17.9 Å². The van der Waals surface area contributed by atoms with Gasteiger partial charge in [0.1, 0.15) is 0 Å². The Balaban J connectivity index is 1.84. The molecule has 0 aliphatic heterocycles. The molecule has 0 saturated heterocycles. The fraction of sp³-hybridized carbons (Fsp3) is 0.333. The van der Waals surface area contributed by atoms with Crippen LogP contribution in [-0.2, 0) is 0 Å². The first-order valence-corrected chi connectivity index (χ1v) is 6.90. The molecular weight excluding hydrogens is 326 g/mol. The van der Waals surface area contributed by atoms with Gasteiger partial charge in [0.2, 0.25) is 5.95 Å². The van der Waals surface area contributed by atoms with Gasteiger partial charge in [-0.25, -0.2) is 5.10 Å². The van der Waals surface area contributed by atoms with E-state index in [2.05, 4.69) is 41.4 Å². The van der Waals surface area contributed by atoms with Crippen LogP contribution in [0.15, 0.2) is 16.7 Å². The zero-order chi connectivity index (χ0) is 14.1. The lowest BCUT2D eigenvalue weighted by atomic mass is 10.1. The molecule has 0 unspecified atom stereocenters. The normalized spacial score (nSPS) is 14.1. The van der Waals surface area contributed by atoms with Crippen LogP contribution in [-0.4, -0.2) is 33.2 Å². The summed E-state index contributed by atoms with van der Waals surface area (Å²) in [5, 5.41) is 9.01. The van der Waals surface area contributed by atoms with Crippen molar-refractivity contribution in [1.82, 2.24) is 20.2 Å². The first-order chi connectivity index (χ1) is 9.67. The zero-order valence-electron chi connectivity index (χ0n) is 10.7. The number of aromatic amines is 1. The van der Waals surface area contributed by atoms with Gasteiger partial charge in [-0.3, -0.25) is 15.1 Å². The zero-order valence-corrected chi connectivity index (χ0v) is 12.3. The van der Waals surface area contributed by atoms with E-state index in [1.807, 2.05) is 0 Å². The highest BCUT2D eigenvalue weighted by Gasteiger charge is 2.30. The molecule has 104 valence electrons. The number of pyridine rings is 1. The fourth-order valence-corrected chi connectivity index (χ4v) is 2.21. The number of hydrogen-bond acceptors (Lipinski definition) is 5. The summed E-state index contributed by atoms with van der Waals surface area (Å²) in [7, 11) is 1.46. The van der Waals surface area contributed by atoms with E-state index in [4.69, 9.17) is 4.74 Å². The van der Waals surface area contributed by atoms with E-state index in [9.17, 15) is 4.79 Å². The Morgan fingerprint density at radius 3 is 3.00 bits per heavy atom. The molecule has 1 aliphatic rings. The van der Waals surface area contributed by atoms with Gasteiger partial charge in [0.15, 0.2) is 0 Å². The van der Waals surface area contributed by atoms with Gasteiger partial charge >= 0.3 is 6.01 Å². The molecule has 2 aromatic heterocycles. The van der Waals surface area contributed by atoms with Gasteiger partial charge < -0.3 is 4.74 Å². The summed E-state index contributed by atoms with van der Waals surface area (Å²) in [5.74, 6) is 0.362. The third-order valence-electron chi connectivity index (χ3n) is 2.97. The van der Waals surface area contributed by atoms with E-state index in [0.717, 1.165) is 23.0 Å². The lowest BCUT2D eigenvalue weighted by molar-refractivity contribution is 0.102. The number of nitrogens with one attached hydrogen (secondary N) is 2. The highest BCUT2D eigenvalue weighted by Crippen LogP contribution is 2.41. The molecule has 0 radical (unpaired) electrons. The Morgan fingerprint density at radius 1 is 1.55 bits per heavy atom. The summed E-state index contributed by atoms with van der Waals surface area (Å²) in [6.07, 6.45) is 3.86. The number of carbonyl (C=O) groups is 1. The fourth-order valence-electron chi connectivity index (χ4n) is 1.88. The lowest BCUT2D eigenvalue weighted by Crippen LogP contribution is -2.16. The molecule has 1 fully saturated rings. The van der Waals surface area contributed by atoms with Gasteiger partial charge in [-0.1, -0.05) is 0 Å². The number of methoxy groups -OCH3 is 1. The molecule has 8 heteroatoms. The molecular formula is C12H12BrN5O2. The maximum Gasteiger partial charge on any atom is 0.336 e. The molecule has 2 heterocycles. The summed E-state index contributed by atoms with van der Waals surface area (Å²) in [4.78, 5) is 20.6. The maximum atomic E-state index is 12.3. The van der Waals surface area contributed by atoms with Crippen molar-refractivity contribution in [2.45, 2.75) is 18.8 Å². The predicted molar refractivity (Wildman–Crippen MR) is 74.8 cm³/mol. The molecule has 0 atom stereocenters. The van der Waals surface area contributed by atoms with E-state index in [1.165, 1.54) is 7.11 Å². The summed E-state index contributed by atoms with van der Waals surface area (Å²) < 4.78 is 5.61. The van der Waals surface area contributed by atoms with Crippen LogP contribution < -0.4 is 10.1 Å². The molecule has 7 nitrogen and oxygen atoms in total. The molecule has 1 aliphatic carbocycles. The largest absolute Gasteiger partial charge is 0.466 e. The minimum Gasteiger partial charge on any atom is -0.466 e. The van der Waals surface area contributed by atoms with Crippen LogP contribution in [0.5, 0.6) is 6.01 Å². The first kappa shape index (κ1) is 13.0. The molecule has 20 heavy (non-hydrogen) atoms. The third-order valence-corrected chi connectivity index (χ3v) is 3.41. The van der Waals surface area contributed by atoms with Gasteiger partial charge in [-0.05, 0) is 34.8 Å². The number of amides is 1. The van der Waals surface area contributed by atoms with Crippen LogP contribution in [0, 0.1) is 0 Å². The second kappa shape index (κ2) is 5.20. The molecule has 0 aromatic carbocycles. The van der Waals surface area contributed by atoms with Crippen molar-refractivity contribution >= 4 is 27.8 Å². The monoisotopic (exact) mass is 337 g/mol. The molecule has 0 bridgehead atoms. The van der Waals surface area contributed by atoms with Crippen LogP contribution in [0.4, 0.5) is 5.95 Å². The minimum atomic E-state index is -0.264. The number of ether oxygens (including phenoxy) is 1. The van der Waals surface area contributed by atoms with Crippen LogP contribution in [0.1, 0.15) is 34.8 Å². The van der Waals surface area contributed by atoms with Crippen LogP contribution in [0.25, 0.3) is 0 Å². The summed E-state index contributed by atoms with van der Waals surface area (Å²) >= 11 is 3.34. The third kappa shape index (κ3) is 2.64. The van der Waals surface area contributed by atoms with E-state index >= 15 is 0 Å². The van der Waals surface area contributed by atoms with Crippen LogP contribution in [0.2, 0.25) is 0 Å². The maximum absolute atomic E-state index is 12.3. The number of H-pyrrole nitrogens is 1. The van der Waals surface area contributed by atoms with Gasteiger partial charge in [-0.2, -0.15) is 4.98 Å². The average Bonchev–Trinajstić information content (AvgIpc) is 3.18. The van der Waals surface area contributed by atoms with E-state index in [1.54, 1.807) is 12.3 Å². The Morgan fingerprint density at radius 2 is 2.35 bits per heavy atom. The van der Waals surface area contributed by atoms with Gasteiger partial charge in [0.05, 0.1) is 18.4 Å². The van der Waals surface area contributed by atoms with Crippen LogP contribution >= 0.6 is 15.9 Å². The highest BCUT2D eigenvalue weighted by molar-refractivity contribution is 9.10. The summed E-state index contributed by atoms with van der Waals surface area (Å²) in [6.45, 7) is 0.